The molecule has 1 heterocycles. The highest BCUT2D eigenvalue weighted by Crippen LogP contribution is 2.24. The molecule has 5 heteroatoms. The van der Waals surface area contributed by atoms with Crippen molar-refractivity contribution in [2.75, 3.05) is 4.90 Å². The topological polar surface area (TPSA) is 66.5 Å². The third kappa shape index (κ3) is 1.99. The first-order valence-corrected chi connectivity index (χ1v) is 5.76. The van der Waals surface area contributed by atoms with Crippen molar-refractivity contribution in [3.8, 4) is 0 Å². The third-order valence-electron chi connectivity index (χ3n) is 2.88. The maximum Gasteiger partial charge on any atom is 0.335 e. The standard InChI is InChI=1S/C13H14N2O3/c1-8(2)10-11(16)14-13(18)15(12(10)17)9-6-4-3-5-7-9/h3-8,10H,1-2H3,(H,14,16,18). The van der Waals surface area contributed by atoms with Crippen molar-refractivity contribution in [2.45, 2.75) is 13.8 Å². The Morgan fingerprint density at radius 1 is 1.11 bits per heavy atom. The number of nitrogens with zero attached hydrogens (tertiary/aromatic N) is 1. The number of rotatable bonds is 2. The van der Waals surface area contributed by atoms with Gasteiger partial charge in [0.2, 0.25) is 11.8 Å². The summed E-state index contributed by atoms with van der Waals surface area (Å²) >= 11 is 0. The van der Waals surface area contributed by atoms with Gasteiger partial charge in [-0.25, -0.2) is 9.69 Å². The molecule has 1 aliphatic rings. The predicted octanol–water partition coefficient (Wildman–Crippen LogP) is 1.54. The number of nitrogens with one attached hydrogen (secondary N) is 1. The lowest BCUT2D eigenvalue weighted by molar-refractivity contribution is -0.136. The minimum Gasteiger partial charge on any atom is -0.277 e. The highest BCUT2D eigenvalue weighted by Gasteiger charge is 2.42. The summed E-state index contributed by atoms with van der Waals surface area (Å²) in [5.41, 5.74) is 0.471. The lowest BCUT2D eigenvalue weighted by atomic mass is 9.92. The number of barbiturate groups is 1. The number of para-hydroxylation sites is 1. The molecule has 18 heavy (non-hydrogen) atoms. The van der Waals surface area contributed by atoms with Gasteiger partial charge in [-0.05, 0) is 18.1 Å². The molecule has 1 saturated heterocycles. The van der Waals surface area contributed by atoms with Gasteiger partial charge in [0.15, 0.2) is 0 Å². The Hall–Kier alpha value is -2.17. The van der Waals surface area contributed by atoms with Gasteiger partial charge in [0.25, 0.3) is 0 Å². The number of amides is 4. The van der Waals surface area contributed by atoms with Crippen LogP contribution in [0, 0.1) is 11.8 Å². The Labute approximate surface area is 105 Å². The summed E-state index contributed by atoms with van der Waals surface area (Å²) in [5.74, 6) is -1.96. The third-order valence-corrected chi connectivity index (χ3v) is 2.88. The highest BCUT2D eigenvalue weighted by molar-refractivity contribution is 6.27. The van der Waals surface area contributed by atoms with Crippen LogP contribution in [0.3, 0.4) is 0 Å². The Morgan fingerprint density at radius 3 is 2.28 bits per heavy atom. The first-order chi connectivity index (χ1) is 8.52. The van der Waals surface area contributed by atoms with Crippen molar-refractivity contribution < 1.29 is 14.4 Å². The van der Waals surface area contributed by atoms with Crippen LogP contribution in [0.1, 0.15) is 13.8 Å². The lowest BCUT2D eigenvalue weighted by Crippen LogP contribution is -2.59. The van der Waals surface area contributed by atoms with Crippen LogP contribution in [0.4, 0.5) is 10.5 Å². The molecule has 5 nitrogen and oxygen atoms in total. The smallest absolute Gasteiger partial charge is 0.277 e. The van der Waals surface area contributed by atoms with E-state index < -0.39 is 23.8 Å². The summed E-state index contributed by atoms with van der Waals surface area (Å²) < 4.78 is 0. The van der Waals surface area contributed by atoms with Crippen LogP contribution < -0.4 is 10.2 Å². The number of carbonyl (C=O) groups excluding carboxylic acids is 3. The van der Waals surface area contributed by atoms with Gasteiger partial charge in [-0.2, -0.15) is 0 Å². The molecule has 1 aromatic carbocycles. The summed E-state index contributed by atoms with van der Waals surface area (Å²) in [6.07, 6.45) is 0. The number of anilines is 1. The molecule has 1 aliphatic heterocycles. The van der Waals surface area contributed by atoms with Crippen LogP contribution in [0.25, 0.3) is 0 Å². The highest BCUT2D eigenvalue weighted by atomic mass is 16.2. The number of carbonyl (C=O) groups is 3. The van der Waals surface area contributed by atoms with Crippen LogP contribution in [0.15, 0.2) is 30.3 Å². The monoisotopic (exact) mass is 246 g/mol. The van der Waals surface area contributed by atoms with Crippen molar-refractivity contribution in [3.05, 3.63) is 30.3 Å². The zero-order chi connectivity index (χ0) is 13.3. The van der Waals surface area contributed by atoms with Gasteiger partial charge >= 0.3 is 6.03 Å². The molecule has 0 aliphatic carbocycles. The molecule has 0 spiro atoms. The number of imide groups is 2. The number of hydrogen-bond donors (Lipinski definition) is 1. The summed E-state index contributed by atoms with van der Waals surface area (Å²) in [7, 11) is 0. The maximum absolute atomic E-state index is 12.2. The van der Waals surface area contributed by atoms with E-state index in [1.54, 1.807) is 44.2 Å². The van der Waals surface area contributed by atoms with Gasteiger partial charge in [0.1, 0.15) is 5.92 Å². The predicted molar refractivity (Wildman–Crippen MR) is 65.8 cm³/mol. The van der Waals surface area contributed by atoms with Crippen molar-refractivity contribution >= 4 is 23.5 Å². The minimum atomic E-state index is -0.817. The first-order valence-electron chi connectivity index (χ1n) is 5.76. The molecule has 4 amide bonds. The molecule has 2 rings (SSSR count). The van der Waals surface area contributed by atoms with Crippen molar-refractivity contribution in [1.82, 2.24) is 5.32 Å². The van der Waals surface area contributed by atoms with Crippen molar-refractivity contribution in [2.24, 2.45) is 11.8 Å². The average molecular weight is 246 g/mol. The molecule has 1 fully saturated rings. The molecule has 1 unspecified atom stereocenters. The molecule has 94 valence electrons. The second-order valence-corrected chi connectivity index (χ2v) is 4.53. The molecule has 0 bridgehead atoms. The minimum absolute atomic E-state index is 0.156. The summed E-state index contributed by atoms with van der Waals surface area (Å²) in [4.78, 5) is 36.7. The van der Waals surface area contributed by atoms with E-state index in [0.29, 0.717) is 5.69 Å². The number of hydrogen-bond acceptors (Lipinski definition) is 3. The fourth-order valence-corrected chi connectivity index (χ4v) is 2.00. The molecule has 1 N–H and O–H groups in total. The van der Waals surface area contributed by atoms with E-state index in [1.807, 2.05) is 0 Å². The number of urea groups is 1. The molecule has 0 aromatic heterocycles. The molecule has 1 aromatic rings. The van der Waals surface area contributed by atoms with Crippen molar-refractivity contribution in [1.29, 1.82) is 0 Å². The fourth-order valence-electron chi connectivity index (χ4n) is 2.00. The Kier molecular flexibility index (Phi) is 3.14. The van der Waals surface area contributed by atoms with Gasteiger partial charge < -0.3 is 0 Å². The van der Waals surface area contributed by atoms with E-state index in [4.69, 9.17) is 0 Å². The summed E-state index contributed by atoms with van der Waals surface area (Å²) in [6.45, 7) is 3.56. The Balaban J connectivity index is 2.39. The zero-order valence-electron chi connectivity index (χ0n) is 10.2. The van der Waals surface area contributed by atoms with E-state index in [1.165, 1.54) is 0 Å². The zero-order valence-corrected chi connectivity index (χ0v) is 10.2. The van der Waals surface area contributed by atoms with E-state index in [-0.39, 0.29) is 5.92 Å². The van der Waals surface area contributed by atoms with E-state index in [0.717, 1.165) is 4.90 Å². The summed E-state index contributed by atoms with van der Waals surface area (Å²) in [5, 5.41) is 2.22. The van der Waals surface area contributed by atoms with Crippen LogP contribution >= 0.6 is 0 Å². The fraction of sp³-hybridized carbons (Fsp3) is 0.308. The van der Waals surface area contributed by atoms with Gasteiger partial charge in [-0.15, -0.1) is 0 Å². The molecular formula is C13H14N2O3. The van der Waals surface area contributed by atoms with Crippen LogP contribution in [0.5, 0.6) is 0 Å². The molecule has 0 saturated carbocycles. The maximum atomic E-state index is 12.2. The Morgan fingerprint density at radius 2 is 1.72 bits per heavy atom. The van der Waals surface area contributed by atoms with Gasteiger partial charge in [0.05, 0.1) is 5.69 Å². The average Bonchev–Trinajstić information content (AvgIpc) is 2.28. The number of benzene rings is 1. The Bertz CT molecular complexity index is 496. The molecule has 0 radical (unpaired) electrons. The quantitative estimate of drug-likeness (QED) is 0.805. The van der Waals surface area contributed by atoms with E-state index in [9.17, 15) is 14.4 Å². The van der Waals surface area contributed by atoms with Gasteiger partial charge in [0, 0.05) is 0 Å². The van der Waals surface area contributed by atoms with Gasteiger partial charge in [-0.1, -0.05) is 32.0 Å². The normalized spacial score (nSPS) is 20.3. The van der Waals surface area contributed by atoms with Crippen LogP contribution in [-0.2, 0) is 9.59 Å². The summed E-state index contributed by atoms with van der Waals surface area (Å²) in [6, 6.07) is 7.89. The lowest BCUT2D eigenvalue weighted by Gasteiger charge is -2.31. The second-order valence-electron chi connectivity index (χ2n) is 4.53. The van der Waals surface area contributed by atoms with Crippen LogP contribution in [0.2, 0.25) is 0 Å². The molecule has 1 atom stereocenters. The first kappa shape index (κ1) is 12.3. The second kappa shape index (κ2) is 4.60. The van der Waals surface area contributed by atoms with Gasteiger partial charge in [-0.3, -0.25) is 14.9 Å². The van der Waals surface area contributed by atoms with E-state index >= 15 is 0 Å². The van der Waals surface area contributed by atoms with Crippen molar-refractivity contribution in [3.63, 3.8) is 0 Å². The van der Waals surface area contributed by atoms with E-state index in [2.05, 4.69) is 5.32 Å². The SMILES string of the molecule is CC(C)C1C(=O)NC(=O)N(c2ccccc2)C1=O. The largest absolute Gasteiger partial charge is 0.335 e. The van der Waals surface area contributed by atoms with Crippen LogP contribution in [-0.4, -0.2) is 17.8 Å². The molecular weight excluding hydrogens is 232 g/mol.